The average molecular weight is 535 g/mol. The van der Waals surface area contributed by atoms with Crippen molar-refractivity contribution in [1.82, 2.24) is 19.5 Å². The highest BCUT2D eigenvalue weighted by Gasteiger charge is 2.68. The van der Waals surface area contributed by atoms with Gasteiger partial charge in [0.05, 0.1) is 25.0 Å². The molecule has 0 amide bonds. The molecule has 0 spiro atoms. The second-order valence-corrected chi connectivity index (χ2v) is 12.9. The van der Waals surface area contributed by atoms with Crippen molar-refractivity contribution in [2.45, 2.75) is 45.4 Å². The first-order valence-corrected chi connectivity index (χ1v) is 13.7. The van der Waals surface area contributed by atoms with E-state index in [4.69, 9.17) is 19.5 Å². The molecule has 4 heterocycles. The van der Waals surface area contributed by atoms with Crippen LogP contribution < -0.4 is 11.1 Å². The summed E-state index contributed by atoms with van der Waals surface area (Å²) in [7, 11) is -2.23. The summed E-state index contributed by atoms with van der Waals surface area (Å²) >= 11 is 1.04. The number of carbonyl (C=O) groups excluding carboxylic acids is 1. The number of anilines is 2. The summed E-state index contributed by atoms with van der Waals surface area (Å²) in [6.07, 6.45) is -0.754. The molecule has 1 unspecified atom stereocenters. The lowest BCUT2D eigenvalue weighted by Gasteiger charge is -2.36. The van der Waals surface area contributed by atoms with Crippen molar-refractivity contribution in [1.29, 1.82) is 0 Å². The fourth-order valence-corrected chi connectivity index (χ4v) is 7.13. The Hall–Kier alpha value is -1.86. The molecular weight excluding hydrogens is 505 g/mol. The monoisotopic (exact) mass is 534 g/mol. The molecule has 0 saturated carbocycles. The number of alkyl halides is 2. The molecule has 0 bridgehead atoms. The number of nitrogens with zero attached hydrogens (tertiary/aromatic N) is 4. The van der Waals surface area contributed by atoms with E-state index in [0.717, 1.165) is 11.8 Å². The van der Waals surface area contributed by atoms with E-state index in [1.165, 1.54) is 17.8 Å². The first-order chi connectivity index (χ1) is 16.2. The predicted octanol–water partition coefficient (Wildman–Crippen LogP) is 3.54. The van der Waals surface area contributed by atoms with Gasteiger partial charge in [-0.1, -0.05) is 32.5 Å². The molecular formula is C20H29F2N6O5PS. The van der Waals surface area contributed by atoms with Crippen LogP contribution in [0.15, 0.2) is 6.33 Å². The lowest BCUT2D eigenvalue weighted by molar-refractivity contribution is -0.193. The molecule has 5 atom stereocenters. The van der Waals surface area contributed by atoms with Gasteiger partial charge in [0.2, 0.25) is 11.8 Å². The number of rotatable bonds is 6. The van der Waals surface area contributed by atoms with Crippen LogP contribution in [0.2, 0.25) is 0 Å². The van der Waals surface area contributed by atoms with E-state index >= 15 is 8.78 Å². The molecule has 2 saturated heterocycles. The van der Waals surface area contributed by atoms with Crippen LogP contribution in [0.3, 0.4) is 0 Å². The predicted molar refractivity (Wildman–Crippen MR) is 128 cm³/mol. The topological polar surface area (TPSA) is 143 Å². The Morgan fingerprint density at radius 1 is 1.43 bits per heavy atom. The molecule has 2 aromatic heterocycles. The fourth-order valence-electron chi connectivity index (χ4n) is 4.11. The van der Waals surface area contributed by atoms with E-state index in [0.29, 0.717) is 11.3 Å². The van der Waals surface area contributed by atoms with Crippen LogP contribution in [0.25, 0.3) is 11.2 Å². The smallest absolute Gasteiger partial charge is 0.331 e. The Morgan fingerprint density at radius 3 is 2.80 bits per heavy atom. The maximum Gasteiger partial charge on any atom is 0.331 e. The number of carbonyl (C=O) groups is 1. The number of aromatic nitrogens is 4. The number of nitrogens with two attached hydrogens (primary N) is 1. The number of imidazole rings is 1. The number of hydrogen-bond acceptors (Lipinski definition) is 11. The standard InChI is InChI=1S/C20H29F2N6O5PS/c1-18(2,3)16(29)35-7-6-31-34(30)8-11-19(4,21)15(33-20(11,22)9-32-34)28-10-25-12-13(24-5)26-17(23)27-14(12)28/h10-11,15H,6-9H2,1-5H3,(H3,23,24,26,27)/t11-,15+,19+,20+,34?/m0/s1. The van der Waals surface area contributed by atoms with Crippen LogP contribution in [0.1, 0.15) is 33.9 Å². The minimum atomic E-state index is -3.84. The first kappa shape index (κ1) is 26.2. The summed E-state index contributed by atoms with van der Waals surface area (Å²) in [6.45, 7) is 5.70. The highest BCUT2D eigenvalue weighted by molar-refractivity contribution is 8.13. The molecule has 2 fully saturated rings. The molecule has 0 aliphatic carbocycles. The number of fused-ring (bicyclic) bond motifs is 2. The van der Waals surface area contributed by atoms with E-state index < -0.39 is 49.4 Å². The Labute approximate surface area is 205 Å². The highest BCUT2D eigenvalue weighted by Crippen LogP contribution is 2.64. The molecule has 0 radical (unpaired) electrons. The molecule has 4 rings (SSSR count). The van der Waals surface area contributed by atoms with Crippen LogP contribution in [-0.2, 0) is 23.1 Å². The normalized spacial score (nSPS) is 33.1. The zero-order valence-electron chi connectivity index (χ0n) is 20.1. The molecule has 15 heteroatoms. The largest absolute Gasteiger partial charge is 0.371 e. The van der Waals surface area contributed by atoms with Crippen molar-refractivity contribution in [2.75, 3.05) is 43.2 Å². The number of ether oxygens (including phenoxy) is 1. The van der Waals surface area contributed by atoms with E-state index in [2.05, 4.69) is 20.3 Å². The van der Waals surface area contributed by atoms with Gasteiger partial charge in [-0.15, -0.1) is 0 Å². The van der Waals surface area contributed by atoms with Crippen molar-refractivity contribution in [2.24, 2.45) is 11.3 Å². The van der Waals surface area contributed by atoms with Crippen LogP contribution >= 0.6 is 19.4 Å². The third-order valence-electron chi connectivity index (χ3n) is 6.00. The molecule has 35 heavy (non-hydrogen) atoms. The maximum absolute atomic E-state index is 16.2. The van der Waals surface area contributed by atoms with Crippen LogP contribution in [0, 0.1) is 11.3 Å². The van der Waals surface area contributed by atoms with Crippen LogP contribution in [-0.4, -0.2) is 68.3 Å². The maximum atomic E-state index is 16.2. The molecule has 0 aromatic carbocycles. The Bertz CT molecular complexity index is 1190. The van der Waals surface area contributed by atoms with Crippen molar-refractivity contribution in [3.8, 4) is 0 Å². The number of halogens is 2. The third-order valence-corrected chi connectivity index (χ3v) is 9.16. The lowest BCUT2D eigenvalue weighted by atomic mass is 9.88. The Morgan fingerprint density at radius 2 is 2.14 bits per heavy atom. The van der Waals surface area contributed by atoms with Gasteiger partial charge in [0, 0.05) is 18.2 Å². The lowest BCUT2D eigenvalue weighted by Crippen LogP contribution is -2.47. The van der Waals surface area contributed by atoms with E-state index in [-0.39, 0.29) is 29.1 Å². The SMILES string of the molecule is CNc1nc(N)nc2c1ncn2[C@@H]1O[C@]2(F)COP(=O)(OCCSC(=O)C(C)(C)C)C[C@H]2[C@@]1(C)F. The van der Waals surface area contributed by atoms with Crippen LogP contribution in [0.4, 0.5) is 20.5 Å². The molecule has 2 aliphatic heterocycles. The van der Waals surface area contributed by atoms with Gasteiger partial charge in [0.15, 0.2) is 34.0 Å². The van der Waals surface area contributed by atoms with Gasteiger partial charge in [-0.3, -0.25) is 13.9 Å². The zero-order chi connectivity index (χ0) is 25.8. The van der Waals surface area contributed by atoms with E-state index in [1.807, 2.05) is 0 Å². The Balaban J connectivity index is 1.53. The van der Waals surface area contributed by atoms with Crippen molar-refractivity contribution >= 4 is 47.4 Å². The van der Waals surface area contributed by atoms with Gasteiger partial charge in [-0.25, -0.2) is 13.8 Å². The summed E-state index contributed by atoms with van der Waals surface area (Å²) in [4.78, 5) is 24.4. The van der Waals surface area contributed by atoms with Crippen molar-refractivity contribution < 1.29 is 31.9 Å². The van der Waals surface area contributed by atoms with Crippen molar-refractivity contribution in [3.63, 3.8) is 0 Å². The van der Waals surface area contributed by atoms with Gasteiger partial charge < -0.3 is 24.8 Å². The number of nitrogen functional groups attached to an aromatic ring is 1. The highest BCUT2D eigenvalue weighted by atomic mass is 32.2. The summed E-state index contributed by atoms with van der Waals surface area (Å²) < 4.78 is 62.6. The molecule has 2 aromatic rings. The minimum Gasteiger partial charge on any atom is -0.371 e. The van der Waals surface area contributed by atoms with Crippen molar-refractivity contribution in [3.05, 3.63) is 6.33 Å². The molecule has 2 aliphatic rings. The van der Waals surface area contributed by atoms with Crippen LogP contribution in [0.5, 0.6) is 0 Å². The summed E-state index contributed by atoms with van der Waals surface area (Å²) in [5, 5.41) is 2.78. The Kier molecular flexibility index (Phi) is 6.67. The number of hydrogen-bond donors (Lipinski definition) is 2. The second kappa shape index (κ2) is 8.91. The molecule has 194 valence electrons. The van der Waals surface area contributed by atoms with Gasteiger partial charge in [-0.05, 0) is 6.92 Å². The summed E-state index contributed by atoms with van der Waals surface area (Å²) in [6, 6.07) is 0. The fraction of sp³-hybridized carbons (Fsp3) is 0.700. The van der Waals surface area contributed by atoms with E-state index in [9.17, 15) is 9.36 Å². The number of thioether (sulfide) groups is 1. The van der Waals surface area contributed by atoms with Gasteiger partial charge in [-0.2, -0.15) is 9.97 Å². The summed E-state index contributed by atoms with van der Waals surface area (Å²) in [5.74, 6) is -3.54. The quantitative estimate of drug-likeness (QED) is 0.415. The zero-order valence-corrected chi connectivity index (χ0v) is 21.8. The minimum absolute atomic E-state index is 0.0477. The van der Waals surface area contributed by atoms with Gasteiger partial charge >= 0.3 is 7.60 Å². The van der Waals surface area contributed by atoms with Gasteiger partial charge in [0.1, 0.15) is 6.61 Å². The number of nitrogens with one attached hydrogen (secondary N) is 1. The third kappa shape index (κ3) is 4.78. The van der Waals surface area contributed by atoms with E-state index in [1.54, 1.807) is 27.8 Å². The summed E-state index contributed by atoms with van der Waals surface area (Å²) in [5.41, 5.74) is 3.36. The molecule has 3 N–H and O–H groups in total. The first-order valence-electron chi connectivity index (χ1n) is 11.0. The average Bonchev–Trinajstić information content (AvgIpc) is 3.26. The molecule has 11 nitrogen and oxygen atoms in total. The van der Waals surface area contributed by atoms with Gasteiger partial charge in [0.25, 0.3) is 0 Å². The second-order valence-electron chi connectivity index (χ2n) is 9.75.